The lowest BCUT2D eigenvalue weighted by Crippen LogP contribution is -2.34. The zero-order valence-corrected chi connectivity index (χ0v) is 9.65. The Balaban J connectivity index is 2.17. The van der Waals surface area contributed by atoms with Crippen LogP contribution in [-0.4, -0.2) is 6.04 Å². The summed E-state index contributed by atoms with van der Waals surface area (Å²) in [5.41, 5.74) is 7.40. The highest BCUT2D eigenvalue weighted by molar-refractivity contribution is 5.15. The van der Waals surface area contributed by atoms with E-state index in [-0.39, 0.29) is 0 Å². The number of nitrogens with two attached hydrogens (primary N) is 1. The van der Waals surface area contributed by atoms with Crippen LogP contribution in [0, 0.1) is 11.8 Å². The van der Waals surface area contributed by atoms with Crippen molar-refractivity contribution >= 4 is 0 Å². The number of hydrogen-bond acceptors (Lipinski definition) is 2. The van der Waals surface area contributed by atoms with Gasteiger partial charge in [0.05, 0.1) is 12.5 Å². The first kappa shape index (κ1) is 10.7. The van der Waals surface area contributed by atoms with Gasteiger partial charge in [0, 0.05) is 6.04 Å². The van der Waals surface area contributed by atoms with E-state index in [9.17, 15) is 0 Å². The summed E-state index contributed by atoms with van der Waals surface area (Å²) in [5, 5.41) is 0. The summed E-state index contributed by atoms with van der Waals surface area (Å²) in [6.07, 6.45) is 7.21. The molecule has 0 radical (unpaired) electrons. The van der Waals surface area contributed by atoms with E-state index in [1.54, 1.807) is 6.26 Å². The third-order valence-electron chi connectivity index (χ3n) is 3.77. The molecule has 1 aromatic heterocycles. The highest BCUT2D eigenvalue weighted by atomic mass is 16.3. The SMILES string of the molecule is CC(C)C1CCC(N)CC1c1ccoc1. The van der Waals surface area contributed by atoms with E-state index in [0.717, 1.165) is 18.3 Å². The molecular formula is C13H21NO. The second-order valence-electron chi connectivity index (χ2n) is 5.14. The van der Waals surface area contributed by atoms with Crippen molar-refractivity contribution in [3.8, 4) is 0 Å². The second-order valence-corrected chi connectivity index (χ2v) is 5.14. The third-order valence-corrected chi connectivity index (χ3v) is 3.77. The normalized spacial score (nSPS) is 32.1. The van der Waals surface area contributed by atoms with Gasteiger partial charge in [-0.05, 0) is 48.6 Å². The minimum Gasteiger partial charge on any atom is -0.472 e. The fourth-order valence-electron chi connectivity index (χ4n) is 2.89. The van der Waals surface area contributed by atoms with Crippen molar-refractivity contribution in [3.05, 3.63) is 24.2 Å². The van der Waals surface area contributed by atoms with Crippen LogP contribution in [0.3, 0.4) is 0 Å². The van der Waals surface area contributed by atoms with Crippen molar-refractivity contribution in [1.29, 1.82) is 0 Å². The molecule has 0 saturated heterocycles. The number of rotatable bonds is 2. The molecule has 1 saturated carbocycles. The van der Waals surface area contributed by atoms with E-state index >= 15 is 0 Å². The second kappa shape index (κ2) is 4.40. The molecule has 2 heteroatoms. The minimum absolute atomic E-state index is 0.375. The molecule has 1 aromatic rings. The standard InChI is InChI=1S/C13H21NO/c1-9(2)12-4-3-11(14)7-13(12)10-5-6-15-8-10/h5-6,8-9,11-13H,3-4,7,14H2,1-2H3. The molecule has 0 aromatic carbocycles. The molecule has 3 unspecified atom stereocenters. The first-order valence-electron chi connectivity index (χ1n) is 5.96. The topological polar surface area (TPSA) is 39.2 Å². The van der Waals surface area contributed by atoms with Gasteiger partial charge in [0.15, 0.2) is 0 Å². The van der Waals surface area contributed by atoms with Gasteiger partial charge in [0.25, 0.3) is 0 Å². The van der Waals surface area contributed by atoms with Crippen molar-refractivity contribution in [3.63, 3.8) is 0 Å². The largest absolute Gasteiger partial charge is 0.472 e. The molecule has 1 aliphatic carbocycles. The van der Waals surface area contributed by atoms with Crippen molar-refractivity contribution in [2.24, 2.45) is 17.6 Å². The van der Waals surface area contributed by atoms with Gasteiger partial charge in [-0.3, -0.25) is 0 Å². The van der Waals surface area contributed by atoms with E-state index in [1.807, 2.05) is 6.26 Å². The van der Waals surface area contributed by atoms with Crippen molar-refractivity contribution in [2.45, 2.75) is 45.1 Å². The average molecular weight is 207 g/mol. The van der Waals surface area contributed by atoms with Gasteiger partial charge in [-0.2, -0.15) is 0 Å². The van der Waals surface area contributed by atoms with E-state index in [1.165, 1.54) is 18.4 Å². The summed E-state index contributed by atoms with van der Waals surface area (Å²) < 4.78 is 5.19. The highest BCUT2D eigenvalue weighted by Gasteiger charge is 2.32. The van der Waals surface area contributed by atoms with Gasteiger partial charge in [-0.25, -0.2) is 0 Å². The summed E-state index contributed by atoms with van der Waals surface area (Å²) in [4.78, 5) is 0. The van der Waals surface area contributed by atoms with Gasteiger partial charge in [-0.15, -0.1) is 0 Å². The Morgan fingerprint density at radius 1 is 1.40 bits per heavy atom. The Morgan fingerprint density at radius 2 is 2.20 bits per heavy atom. The van der Waals surface area contributed by atoms with Gasteiger partial charge in [0.2, 0.25) is 0 Å². The summed E-state index contributed by atoms with van der Waals surface area (Å²) in [5.74, 6) is 2.10. The Morgan fingerprint density at radius 3 is 2.80 bits per heavy atom. The van der Waals surface area contributed by atoms with Crippen LogP contribution in [0.1, 0.15) is 44.6 Å². The van der Waals surface area contributed by atoms with Crippen molar-refractivity contribution in [1.82, 2.24) is 0 Å². The van der Waals surface area contributed by atoms with E-state index < -0.39 is 0 Å². The molecule has 0 spiro atoms. The maximum Gasteiger partial charge on any atom is 0.0937 e. The molecule has 15 heavy (non-hydrogen) atoms. The molecule has 0 aliphatic heterocycles. The molecule has 1 heterocycles. The molecule has 0 bridgehead atoms. The molecule has 2 N–H and O–H groups in total. The molecule has 2 nitrogen and oxygen atoms in total. The van der Waals surface area contributed by atoms with Crippen LogP contribution >= 0.6 is 0 Å². The lowest BCUT2D eigenvalue weighted by atomic mass is 9.70. The predicted octanol–water partition coefficient (Wildman–Crippen LogP) is 3.15. The first-order chi connectivity index (χ1) is 7.18. The van der Waals surface area contributed by atoms with E-state index in [4.69, 9.17) is 10.2 Å². The molecule has 0 amide bonds. The van der Waals surface area contributed by atoms with Crippen LogP contribution in [0.15, 0.2) is 23.0 Å². The van der Waals surface area contributed by atoms with Crippen molar-refractivity contribution < 1.29 is 4.42 Å². The molecule has 3 atom stereocenters. The average Bonchev–Trinajstić information content (AvgIpc) is 2.69. The van der Waals surface area contributed by atoms with Gasteiger partial charge < -0.3 is 10.2 Å². The van der Waals surface area contributed by atoms with Crippen LogP contribution in [0.25, 0.3) is 0 Å². The molecule has 1 fully saturated rings. The van der Waals surface area contributed by atoms with Crippen LogP contribution in [0.5, 0.6) is 0 Å². The number of hydrogen-bond donors (Lipinski definition) is 1. The third kappa shape index (κ3) is 2.25. The fourth-order valence-corrected chi connectivity index (χ4v) is 2.89. The van der Waals surface area contributed by atoms with Crippen LogP contribution in [-0.2, 0) is 0 Å². The maximum absolute atomic E-state index is 6.06. The minimum atomic E-state index is 0.375. The Labute approximate surface area is 91.8 Å². The lowest BCUT2D eigenvalue weighted by molar-refractivity contribution is 0.220. The smallest absolute Gasteiger partial charge is 0.0937 e. The van der Waals surface area contributed by atoms with Crippen LogP contribution in [0.2, 0.25) is 0 Å². The highest BCUT2D eigenvalue weighted by Crippen LogP contribution is 2.41. The van der Waals surface area contributed by atoms with Crippen LogP contribution in [0.4, 0.5) is 0 Å². The summed E-state index contributed by atoms with van der Waals surface area (Å²) in [7, 11) is 0. The monoisotopic (exact) mass is 207 g/mol. The Bertz CT molecular complexity index is 291. The zero-order chi connectivity index (χ0) is 10.8. The first-order valence-corrected chi connectivity index (χ1v) is 5.96. The molecular weight excluding hydrogens is 186 g/mol. The van der Waals surface area contributed by atoms with Gasteiger partial charge >= 0.3 is 0 Å². The Kier molecular flexibility index (Phi) is 3.15. The zero-order valence-electron chi connectivity index (χ0n) is 9.65. The fraction of sp³-hybridized carbons (Fsp3) is 0.692. The van der Waals surface area contributed by atoms with E-state index in [0.29, 0.717) is 12.0 Å². The molecule has 1 aliphatic rings. The quantitative estimate of drug-likeness (QED) is 0.809. The summed E-state index contributed by atoms with van der Waals surface area (Å²) >= 11 is 0. The Hall–Kier alpha value is -0.760. The number of furan rings is 1. The molecule has 2 rings (SSSR count). The lowest BCUT2D eigenvalue weighted by Gasteiger charge is -2.36. The summed E-state index contributed by atoms with van der Waals surface area (Å²) in [6, 6.07) is 2.47. The maximum atomic E-state index is 6.06. The summed E-state index contributed by atoms with van der Waals surface area (Å²) in [6.45, 7) is 4.63. The van der Waals surface area contributed by atoms with Gasteiger partial charge in [-0.1, -0.05) is 13.8 Å². The van der Waals surface area contributed by atoms with E-state index in [2.05, 4.69) is 19.9 Å². The van der Waals surface area contributed by atoms with Gasteiger partial charge in [0.1, 0.15) is 0 Å². The van der Waals surface area contributed by atoms with Crippen LogP contribution < -0.4 is 5.73 Å². The van der Waals surface area contributed by atoms with Crippen molar-refractivity contribution in [2.75, 3.05) is 0 Å². The molecule has 84 valence electrons. The predicted molar refractivity (Wildman–Crippen MR) is 61.6 cm³/mol.